The van der Waals surface area contributed by atoms with Gasteiger partial charge in [0.15, 0.2) is 29.1 Å². The molecule has 2 aliphatic heterocycles. The van der Waals surface area contributed by atoms with Gasteiger partial charge in [-0.05, 0) is 110 Å². The lowest BCUT2D eigenvalue weighted by Crippen LogP contribution is -2.67. The number of aliphatic hydroxyl groups excluding tert-OH is 5. The number of aromatic hydroxyl groups is 3. The number of aliphatic hydroxyl groups is 6. The monoisotopic (exact) mass is 994 g/mol. The predicted molar refractivity (Wildman–Crippen MR) is 260 cm³/mol. The zero-order valence-electron chi connectivity index (χ0n) is 39.4. The van der Waals surface area contributed by atoms with Gasteiger partial charge < -0.3 is 77.0 Å². The molecular weight excluding hydrogens is 933 g/mol. The van der Waals surface area contributed by atoms with Gasteiger partial charge in [-0.1, -0.05) is 36.6 Å². The first kappa shape index (κ1) is 50.4. The Morgan fingerprint density at radius 2 is 1.81 bits per heavy atom. The third-order valence-electron chi connectivity index (χ3n) is 15.7. The van der Waals surface area contributed by atoms with Crippen molar-refractivity contribution in [1.29, 1.82) is 0 Å². The number of aliphatic carboxylic acids is 1. The van der Waals surface area contributed by atoms with Crippen molar-refractivity contribution in [3.05, 3.63) is 112 Å². The number of fused-ring (bicyclic) bond motifs is 6. The molecule has 2 fully saturated rings. The number of carbonyl (C=O) groups excluding carboxylic acids is 1. The molecule has 1 saturated carbocycles. The molecule has 3 aliphatic carbocycles. The number of phenols is 3. The molecule has 4 aromatic rings. The van der Waals surface area contributed by atoms with Crippen molar-refractivity contribution >= 4 is 29.6 Å². The standard InChI is InChI=1S/C52H62N6O14/c53-49(54)56-18-4-7-33(60)14-12-29-23-51(48(68)69)44(43(29)50-17-2-1-6-31(50)13-11-28-5-3-8-37(62)42(28)50)34-21-38(63)39(71-52(70)47(67)46(66)45(65)40(25-59)72-52)22-35(34)58(51)41(64)16-10-27-9-15-36(61)30(19-27)20-32-24-55-26-57-32/h3,5,8-10,15-16,19,21-24,26,31,33,40,43-47,59-63,65-67,70H,1-2,4,6-7,11-14,17-18,20,25H2,(H,55,57)(H,68,69)(H4,53,54,56)/b16-10+/t31-,33+,40-,43-,44+,45-,46+,47-,50+,51-,52+/m1/s1. The molecule has 1 amide bonds. The predicted octanol–water partition coefficient (Wildman–Crippen LogP) is 2.41. The number of anilines is 1. The van der Waals surface area contributed by atoms with Crippen molar-refractivity contribution in [3.63, 3.8) is 0 Å². The number of phenolic OH excluding ortho intramolecular Hbond substituents is 3. The number of amides is 1. The Bertz CT molecular complexity index is 2780. The molecule has 20 heteroatoms. The number of hydrogen-bond donors (Lipinski definition) is 13. The molecule has 0 bridgehead atoms. The minimum atomic E-state index is -3.20. The number of guanidine groups is 1. The highest BCUT2D eigenvalue weighted by molar-refractivity contribution is 6.13. The van der Waals surface area contributed by atoms with Crippen LogP contribution in [0.3, 0.4) is 0 Å². The number of hydrogen-bond acceptors (Lipinski definition) is 15. The molecule has 15 N–H and O–H groups in total. The SMILES string of the molecule is NC(N)=NCCC[C@H](O)CCC1=C[C@]2(C(=O)O)[C@@H](c3cc(O)c(O[C@]4(O)O[C@H](CO)[C@@H](O)[C@H](O)[C@H]4O)cc3N2C(=O)/C=C/c2ccc(O)c(Cc3cnc[nH]3)c2)[C@@H]1[C@@]12CCCC[C@@H]1CCc1cccc(O)c12. The molecule has 11 atom stereocenters. The summed E-state index contributed by atoms with van der Waals surface area (Å²) in [6.45, 7) is -0.641. The van der Waals surface area contributed by atoms with E-state index in [4.69, 9.17) is 20.9 Å². The second-order valence-corrected chi connectivity index (χ2v) is 19.8. The number of rotatable bonds is 16. The van der Waals surface area contributed by atoms with Gasteiger partial charge in [0.05, 0.1) is 24.7 Å². The number of benzene rings is 3. The largest absolute Gasteiger partial charge is 0.508 e. The summed E-state index contributed by atoms with van der Waals surface area (Å²) in [5.74, 6) is -8.80. The average Bonchev–Trinajstić information content (AvgIpc) is 4.07. The topological polar surface area (TPSA) is 351 Å². The first-order valence-corrected chi connectivity index (χ1v) is 24.4. The summed E-state index contributed by atoms with van der Waals surface area (Å²) >= 11 is 0. The van der Waals surface area contributed by atoms with E-state index >= 15 is 4.79 Å². The van der Waals surface area contributed by atoms with E-state index in [2.05, 4.69) is 15.0 Å². The van der Waals surface area contributed by atoms with Gasteiger partial charge in [0.25, 0.3) is 5.91 Å². The average molecular weight is 995 g/mol. The number of nitrogens with one attached hydrogen (secondary N) is 1. The van der Waals surface area contributed by atoms with E-state index in [1.807, 2.05) is 6.07 Å². The van der Waals surface area contributed by atoms with Gasteiger partial charge in [-0.2, -0.15) is 0 Å². The van der Waals surface area contributed by atoms with Gasteiger partial charge in [0, 0.05) is 65.4 Å². The van der Waals surface area contributed by atoms with Crippen molar-refractivity contribution < 1.29 is 70.1 Å². The number of aromatic nitrogens is 2. The number of carbonyl (C=O) groups is 2. The third-order valence-corrected chi connectivity index (χ3v) is 15.7. The second kappa shape index (κ2) is 19.8. The molecule has 5 aliphatic rings. The highest BCUT2D eigenvalue weighted by Crippen LogP contribution is 2.69. The van der Waals surface area contributed by atoms with E-state index in [9.17, 15) is 55.9 Å². The van der Waals surface area contributed by atoms with Gasteiger partial charge in [-0.3, -0.25) is 14.7 Å². The van der Waals surface area contributed by atoms with Gasteiger partial charge in [-0.25, -0.2) is 9.78 Å². The fourth-order valence-corrected chi connectivity index (χ4v) is 12.6. The van der Waals surface area contributed by atoms with Gasteiger partial charge in [0.2, 0.25) is 0 Å². The molecule has 20 nitrogen and oxygen atoms in total. The van der Waals surface area contributed by atoms with Gasteiger partial charge >= 0.3 is 11.9 Å². The molecule has 0 unspecified atom stereocenters. The number of nitrogens with zero attached hydrogens (tertiary/aromatic N) is 3. The van der Waals surface area contributed by atoms with E-state index < -0.39 is 89.3 Å². The zero-order chi connectivity index (χ0) is 51.3. The summed E-state index contributed by atoms with van der Waals surface area (Å²) in [5.41, 5.74) is 12.0. The van der Waals surface area contributed by atoms with Gasteiger partial charge in [0.1, 0.15) is 29.8 Å². The number of aliphatic imine (C=N–C) groups is 1. The summed E-state index contributed by atoms with van der Waals surface area (Å²) in [6, 6.07) is 12.5. The molecule has 3 aromatic carbocycles. The number of carboxylic acids is 1. The molecule has 384 valence electrons. The van der Waals surface area contributed by atoms with Crippen molar-refractivity contribution in [2.75, 3.05) is 18.1 Å². The summed E-state index contributed by atoms with van der Waals surface area (Å²) in [7, 11) is 0. The van der Waals surface area contributed by atoms with Crippen molar-refractivity contribution in [1.82, 2.24) is 9.97 Å². The second-order valence-electron chi connectivity index (χ2n) is 19.8. The smallest absolute Gasteiger partial charge is 0.355 e. The highest BCUT2D eigenvalue weighted by Gasteiger charge is 2.69. The van der Waals surface area contributed by atoms with Crippen LogP contribution in [-0.2, 0) is 32.6 Å². The number of imidazole rings is 1. The number of H-pyrrole nitrogens is 1. The Hall–Kier alpha value is -6.52. The van der Waals surface area contributed by atoms with Crippen LogP contribution in [0.25, 0.3) is 6.08 Å². The normalized spacial score (nSPS) is 29.9. The lowest BCUT2D eigenvalue weighted by molar-refractivity contribution is -0.422. The van der Waals surface area contributed by atoms with Crippen LogP contribution in [0.1, 0.15) is 97.2 Å². The molecule has 9 rings (SSSR count). The summed E-state index contributed by atoms with van der Waals surface area (Å²) in [6.07, 6.45) is 4.27. The molecule has 72 heavy (non-hydrogen) atoms. The van der Waals surface area contributed by atoms with E-state index in [1.165, 1.54) is 30.6 Å². The Morgan fingerprint density at radius 1 is 1.00 bits per heavy atom. The molecule has 3 heterocycles. The minimum Gasteiger partial charge on any atom is -0.508 e. The first-order valence-electron chi connectivity index (χ1n) is 24.4. The quantitative estimate of drug-likeness (QED) is 0.0191. The van der Waals surface area contributed by atoms with Crippen molar-refractivity contribution in [3.8, 4) is 23.0 Å². The van der Waals surface area contributed by atoms with E-state index in [-0.39, 0.29) is 60.4 Å². The van der Waals surface area contributed by atoms with Crippen LogP contribution in [0, 0.1) is 11.8 Å². The number of ether oxygens (including phenoxy) is 2. The Labute approximate surface area is 414 Å². The fraction of sp³-hybridized carbons (Fsp3) is 0.462. The number of aryl methyl sites for hydroxylation is 1. The maximum absolute atomic E-state index is 15.4. The van der Waals surface area contributed by atoms with Crippen LogP contribution in [0.5, 0.6) is 23.0 Å². The number of allylic oxidation sites excluding steroid dienone is 1. The third kappa shape index (κ3) is 8.73. The molecular formula is C52H62N6O14. The molecule has 1 aromatic heterocycles. The van der Waals surface area contributed by atoms with Crippen molar-refractivity contribution in [2.24, 2.45) is 28.3 Å². The Balaban J connectivity index is 1.22. The summed E-state index contributed by atoms with van der Waals surface area (Å²) < 4.78 is 11.1. The Kier molecular flexibility index (Phi) is 13.9. The molecule has 0 spiro atoms. The summed E-state index contributed by atoms with van der Waals surface area (Å²) in [5, 5.41) is 112. The van der Waals surface area contributed by atoms with Crippen LogP contribution in [0.2, 0.25) is 0 Å². The maximum Gasteiger partial charge on any atom is 0.355 e. The van der Waals surface area contributed by atoms with Crippen LogP contribution in [0.4, 0.5) is 5.69 Å². The van der Waals surface area contributed by atoms with Crippen LogP contribution in [0.15, 0.2) is 83.8 Å². The first-order chi connectivity index (χ1) is 34.4. The zero-order valence-corrected chi connectivity index (χ0v) is 39.4. The Morgan fingerprint density at radius 3 is 2.54 bits per heavy atom. The van der Waals surface area contributed by atoms with E-state index in [0.29, 0.717) is 53.6 Å². The highest BCUT2D eigenvalue weighted by atomic mass is 16.8. The van der Waals surface area contributed by atoms with Gasteiger partial charge in [-0.15, -0.1) is 0 Å². The number of nitrogens with two attached hydrogens (primary N) is 2. The number of carboxylic acid groups (broad SMARTS) is 1. The van der Waals surface area contributed by atoms with Crippen molar-refractivity contribution in [2.45, 2.75) is 124 Å². The fourth-order valence-electron chi connectivity index (χ4n) is 12.6. The summed E-state index contributed by atoms with van der Waals surface area (Å²) in [4.78, 5) is 42.3. The van der Waals surface area contributed by atoms with E-state index in [1.54, 1.807) is 36.5 Å². The van der Waals surface area contributed by atoms with Crippen LogP contribution in [-0.4, -0.2) is 134 Å². The maximum atomic E-state index is 15.4. The minimum absolute atomic E-state index is 0.00753. The number of aromatic amines is 1. The van der Waals surface area contributed by atoms with Crippen LogP contribution < -0.4 is 21.1 Å². The molecule has 0 radical (unpaired) electrons. The lowest BCUT2D eigenvalue weighted by atomic mass is 9.48. The molecule has 1 saturated heterocycles. The van der Waals surface area contributed by atoms with E-state index in [0.717, 1.165) is 42.2 Å². The van der Waals surface area contributed by atoms with Crippen LogP contribution >= 0.6 is 0 Å². The lowest BCUT2D eigenvalue weighted by Gasteiger charge is -2.55.